The summed E-state index contributed by atoms with van der Waals surface area (Å²) in [5.41, 5.74) is 3.23. The first-order chi connectivity index (χ1) is 12.1. The first-order valence-electron chi connectivity index (χ1n) is 8.70. The Balaban J connectivity index is 1.79. The van der Waals surface area contributed by atoms with Gasteiger partial charge in [0.15, 0.2) is 0 Å². The normalized spacial score (nSPS) is 18.1. The van der Waals surface area contributed by atoms with Gasteiger partial charge in [0.2, 0.25) is 5.91 Å². The van der Waals surface area contributed by atoms with Gasteiger partial charge in [0.25, 0.3) is 0 Å². The maximum Gasteiger partial charge on any atom is 0.417 e. The van der Waals surface area contributed by atoms with Crippen LogP contribution in [0.4, 0.5) is 4.79 Å². The van der Waals surface area contributed by atoms with Gasteiger partial charge in [-0.2, -0.15) is 0 Å². The Kier molecular flexibility index (Phi) is 5.17. The van der Waals surface area contributed by atoms with E-state index in [2.05, 4.69) is 13.0 Å². The van der Waals surface area contributed by atoms with Gasteiger partial charge in [-0.3, -0.25) is 4.79 Å². The number of rotatable bonds is 5. The van der Waals surface area contributed by atoms with Crippen molar-refractivity contribution in [3.8, 4) is 0 Å². The summed E-state index contributed by atoms with van der Waals surface area (Å²) in [6, 6.07) is 17.4. The minimum atomic E-state index is -0.544. The topological polar surface area (TPSA) is 46.6 Å². The molecule has 0 aromatic heterocycles. The van der Waals surface area contributed by atoms with E-state index in [-0.39, 0.29) is 24.5 Å². The van der Waals surface area contributed by atoms with Crippen LogP contribution in [0.25, 0.3) is 0 Å². The lowest BCUT2D eigenvalue weighted by Crippen LogP contribution is -2.35. The number of benzene rings is 2. The monoisotopic (exact) mass is 337 g/mol. The molecule has 0 saturated carbocycles. The van der Waals surface area contributed by atoms with E-state index in [9.17, 15) is 9.59 Å². The summed E-state index contributed by atoms with van der Waals surface area (Å²) >= 11 is 0. The van der Waals surface area contributed by atoms with Crippen molar-refractivity contribution in [1.82, 2.24) is 4.90 Å². The zero-order valence-corrected chi connectivity index (χ0v) is 14.6. The van der Waals surface area contributed by atoms with Crippen LogP contribution in [0.1, 0.15) is 48.4 Å². The molecule has 1 saturated heterocycles. The van der Waals surface area contributed by atoms with Gasteiger partial charge in [0, 0.05) is 6.42 Å². The van der Waals surface area contributed by atoms with Crippen LogP contribution in [0, 0.1) is 6.92 Å². The van der Waals surface area contributed by atoms with Crippen molar-refractivity contribution < 1.29 is 14.3 Å². The molecule has 2 aromatic rings. The molecule has 25 heavy (non-hydrogen) atoms. The number of cyclic esters (lactones) is 1. The summed E-state index contributed by atoms with van der Waals surface area (Å²) in [4.78, 5) is 26.3. The molecule has 0 N–H and O–H groups in total. The van der Waals surface area contributed by atoms with Crippen LogP contribution in [-0.4, -0.2) is 23.5 Å². The molecular weight excluding hydrogens is 314 g/mol. The molecule has 1 unspecified atom stereocenters. The zero-order valence-electron chi connectivity index (χ0n) is 14.6. The molecule has 2 amide bonds. The minimum Gasteiger partial charge on any atom is -0.446 e. The summed E-state index contributed by atoms with van der Waals surface area (Å²) in [5, 5.41) is 0. The molecular formula is C21H23NO3. The number of hydrogen-bond acceptors (Lipinski definition) is 3. The number of hydrogen-bond donors (Lipinski definition) is 0. The van der Waals surface area contributed by atoms with Crippen LogP contribution in [0.5, 0.6) is 0 Å². The van der Waals surface area contributed by atoms with Crippen molar-refractivity contribution in [3.05, 3.63) is 71.3 Å². The lowest BCUT2D eigenvalue weighted by atomic mass is 9.91. The average Bonchev–Trinajstić information content (AvgIpc) is 3.02. The average molecular weight is 337 g/mol. The number of nitrogens with zero attached hydrogens (tertiary/aromatic N) is 1. The van der Waals surface area contributed by atoms with Crippen LogP contribution in [0.3, 0.4) is 0 Å². The number of ether oxygens (including phenoxy) is 1. The van der Waals surface area contributed by atoms with E-state index in [1.54, 1.807) is 0 Å². The SMILES string of the molecule is CC[C@H](CC(=O)N1C(=O)OCC1c1ccccc1)c1cccc(C)c1. The highest BCUT2D eigenvalue weighted by Gasteiger charge is 2.39. The Bertz CT molecular complexity index is 757. The molecule has 3 rings (SSSR count). The number of aryl methyl sites for hydroxylation is 1. The largest absolute Gasteiger partial charge is 0.446 e. The van der Waals surface area contributed by atoms with Crippen molar-refractivity contribution in [3.63, 3.8) is 0 Å². The Labute approximate surface area is 148 Å². The van der Waals surface area contributed by atoms with E-state index < -0.39 is 6.09 Å². The van der Waals surface area contributed by atoms with Gasteiger partial charge in [0.1, 0.15) is 12.6 Å². The third kappa shape index (κ3) is 3.73. The predicted molar refractivity (Wildman–Crippen MR) is 96.2 cm³/mol. The fourth-order valence-corrected chi connectivity index (χ4v) is 3.35. The highest BCUT2D eigenvalue weighted by molar-refractivity contribution is 5.94. The van der Waals surface area contributed by atoms with E-state index in [4.69, 9.17) is 4.74 Å². The van der Waals surface area contributed by atoms with Crippen LogP contribution in [0.15, 0.2) is 54.6 Å². The van der Waals surface area contributed by atoms with E-state index in [1.807, 2.05) is 55.5 Å². The van der Waals surface area contributed by atoms with E-state index >= 15 is 0 Å². The zero-order chi connectivity index (χ0) is 17.8. The fraction of sp³-hybridized carbons (Fsp3) is 0.333. The van der Waals surface area contributed by atoms with Gasteiger partial charge in [-0.25, -0.2) is 9.69 Å². The maximum atomic E-state index is 12.9. The van der Waals surface area contributed by atoms with Gasteiger partial charge >= 0.3 is 6.09 Å². The summed E-state index contributed by atoms with van der Waals surface area (Å²) in [5.74, 6) is -0.0815. The molecule has 4 heteroatoms. The van der Waals surface area contributed by atoms with Crippen molar-refractivity contribution >= 4 is 12.0 Å². The Morgan fingerprint density at radius 2 is 1.96 bits per heavy atom. The predicted octanol–water partition coefficient (Wildman–Crippen LogP) is 4.60. The number of carbonyl (C=O) groups excluding carboxylic acids is 2. The molecule has 1 fully saturated rings. The minimum absolute atomic E-state index is 0.0947. The lowest BCUT2D eigenvalue weighted by molar-refractivity contribution is -0.129. The molecule has 0 radical (unpaired) electrons. The van der Waals surface area contributed by atoms with Crippen LogP contribution >= 0.6 is 0 Å². The van der Waals surface area contributed by atoms with Gasteiger partial charge in [-0.05, 0) is 30.4 Å². The summed E-state index contributed by atoms with van der Waals surface area (Å²) in [6.45, 7) is 4.33. The summed E-state index contributed by atoms with van der Waals surface area (Å²) < 4.78 is 5.16. The maximum absolute atomic E-state index is 12.9. The first kappa shape index (κ1) is 17.2. The Morgan fingerprint density at radius 3 is 2.64 bits per heavy atom. The van der Waals surface area contributed by atoms with E-state index in [0.29, 0.717) is 6.42 Å². The van der Waals surface area contributed by atoms with Crippen molar-refractivity contribution in [1.29, 1.82) is 0 Å². The second-order valence-corrected chi connectivity index (χ2v) is 6.49. The highest BCUT2D eigenvalue weighted by atomic mass is 16.6. The Morgan fingerprint density at radius 1 is 1.20 bits per heavy atom. The molecule has 0 aliphatic carbocycles. The van der Waals surface area contributed by atoms with Gasteiger partial charge in [0.05, 0.1) is 0 Å². The number of amides is 2. The molecule has 1 aliphatic heterocycles. The molecule has 2 aromatic carbocycles. The molecule has 1 heterocycles. The molecule has 1 aliphatic rings. The molecule has 2 atom stereocenters. The number of carbonyl (C=O) groups is 2. The third-order valence-electron chi connectivity index (χ3n) is 4.75. The fourth-order valence-electron chi connectivity index (χ4n) is 3.35. The summed E-state index contributed by atoms with van der Waals surface area (Å²) in [7, 11) is 0. The standard InChI is InChI=1S/C21H23NO3/c1-3-16(18-11-7-8-15(2)12-18)13-20(23)22-19(14-25-21(22)24)17-9-5-4-6-10-17/h4-12,16,19H,3,13-14H2,1-2H3/t16-,19?/m1/s1. The van der Waals surface area contributed by atoms with E-state index in [0.717, 1.165) is 17.5 Å². The van der Waals surface area contributed by atoms with Gasteiger partial charge in [-0.1, -0.05) is 67.1 Å². The van der Waals surface area contributed by atoms with Crippen LogP contribution in [0.2, 0.25) is 0 Å². The third-order valence-corrected chi connectivity index (χ3v) is 4.75. The Hall–Kier alpha value is -2.62. The van der Waals surface area contributed by atoms with Gasteiger partial charge in [-0.15, -0.1) is 0 Å². The molecule has 130 valence electrons. The van der Waals surface area contributed by atoms with Crippen molar-refractivity contribution in [2.75, 3.05) is 6.61 Å². The molecule has 0 spiro atoms. The number of imide groups is 1. The lowest BCUT2D eigenvalue weighted by Gasteiger charge is -2.23. The van der Waals surface area contributed by atoms with Crippen molar-refractivity contribution in [2.24, 2.45) is 0 Å². The second-order valence-electron chi connectivity index (χ2n) is 6.49. The van der Waals surface area contributed by atoms with Gasteiger partial charge < -0.3 is 4.74 Å². The van der Waals surface area contributed by atoms with Crippen LogP contribution in [-0.2, 0) is 9.53 Å². The van der Waals surface area contributed by atoms with E-state index in [1.165, 1.54) is 10.5 Å². The first-order valence-corrected chi connectivity index (χ1v) is 8.70. The van der Waals surface area contributed by atoms with Crippen molar-refractivity contribution in [2.45, 2.75) is 38.6 Å². The molecule has 4 nitrogen and oxygen atoms in total. The smallest absolute Gasteiger partial charge is 0.417 e. The van der Waals surface area contributed by atoms with Crippen LogP contribution < -0.4 is 0 Å². The molecule has 0 bridgehead atoms. The summed E-state index contributed by atoms with van der Waals surface area (Å²) in [6.07, 6.45) is 0.602. The quantitative estimate of drug-likeness (QED) is 0.801. The highest BCUT2D eigenvalue weighted by Crippen LogP contribution is 2.31. The second kappa shape index (κ2) is 7.51.